The molecule has 0 fully saturated rings. The van der Waals surface area contributed by atoms with Crippen LogP contribution in [0.3, 0.4) is 0 Å². The van der Waals surface area contributed by atoms with Crippen molar-refractivity contribution in [1.82, 2.24) is 0 Å². The molecule has 2 rings (SSSR count). The van der Waals surface area contributed by atoms with E-state index in [4.69, 9.17) is 16.2 Å². The van der Waals surface area contributed by atoms with Crippen molar-refractivity contribution in [2.24, 2.45) is 16.5 Å². The van der Waals surface area contributed by atoms with Crippen LogP contribution in [0.2, 0.25) is 0 Å². The molecule has 0 spiro atoms. The number of rotatable bonds is 1. The number of halogens is 3. The quantitative estimate of drug-likeness (QED) is 0.599. The lowest BCUT2D eigenvalue weighted by Gasteiger charge is -2.27. The molecular formula is C12H10F3N3O2. The van der Waals surface area contributed by atoms with Crippen LogP contribution in [-0.2, 0) is 4.79 Å². The Balaban J connectivity index is 2.50. The van der Waals surface area contributed by atoms with Gasteiger partial charge < -0.3 is 16.2 Å². The molecule has 1 aliphatic heterocycles. The van der Waals surface area contributed by atoms with E-state index in [0.717, 1.165) is 6.08 Å². The van der Waals surface area contributed by atoms with Crippen LogP contribution in [0.1, 0.15) is 5.56 Å². The largest absolute Gasteiger partial charge is 0.475 e. The number of hydrogen-bond acceptors (Lipinski definition) is 2. The molecule has 0 aliphatic carbocycles. The minimum atomic E-state index is -4.76. The summed E-state index contributed by atoms with van der Waals surface area (Å²) in [5.74, 6) is -1.76. The van der Waals surface area contributed by atoms with Crippen LogP contribution in [0.25, 0.3) is 6.08 Å². The van der Waals surface area contributed by atoms with Gasteiger partial charge in [0.25, 0.3) is 5.91 Å². The summed E-state index contributed by atoms with van der Waals surface area (Å²) in [6.45, 7) is 0. The number of amides is 1. The Labute approximate surface area is 111 Å². The molecule has 0 saturated heterocycles. The first kappa shape index (κ1) is 13.9. The first-order chi connectivity index (χ1) is 9.29. The van der Waals surface area contributed by atoms with Gasteiger partial charge in [0.2, 0.25) is 6.10 Å². The monoisotopic (exact) mass is 285 g/mol. The molecule has 106 valence electrons. The van der Waals surface area contributed by atoms with E-state index in [1.165, 1.54) is 18.2 Å². The number of carbonyl (C=O) groups is 1. The highest BCUT2D eigenvalue weighted by atomic mass is 19.4. The highest BCUT2D eigenvalue weighted by Gasteiger charge is 2.48. The number of nitrogens with zero attached hydrogens (tertiary/aromatic N) is 1. The third kappa shape index (κ3) is 2.73. The summed E-state index contributed by atoms with van der Waals surface area (Å²) in [6.07, 6.45) is -6.08. The molecule has 1 atom stereocenters. The van der Waals surface area contributed by atoms with Gasteiger partial charge in [0, 0.05) is 5.56 Å². The van der Waals surface area contributed by atoms with Crippen LogP contribution in [0.5, 0.6) is 5.75 Å². The second kappa shape index (κ2) is 4.87. The van der Waals surface area contributed by atoms with Crippen molar-refractivity contribution < 1.29 is 22.7 Å². The van der Waals surface area contributed by atoms with Crippen molar-refractivity contribution in [3.05, 3.63) is 35.4 Å². The van der Waals surface area contributed by atoms with Gasteiger partial charge in [0.15, 0.2) is 5.96 Å². The zero-order valence-electron chi connectivity index (χ0n) is 10.0. The number of nitrogens with two attached hydrogens (primary N) is 2. The lowest BCUT2D eigenvalue weighted by atomic mass is 10.0. The van der Waals surface area contributed by atoms with E-state index in [0.29, 0.717) is 5.56 Å². The molecule has 1 unspecified atom stereocenters. The van der Waals surface area contributed by atoms with Crippen LogP contribution in [0, 0.1) is 0 Å². The molecule has 20 heavy (non-hydrogen) atoms. The molecule has 4 N–H and O–H groups in total. The van der Waals surface area contributed by atoms with Crippen LogP contribution in [-0.4, -0.2) is 24.1 Å². The van der Waals surface area contributed by atoms with Gasteiger partial charge in [-0.3, -0.25) is 4.79 Å². The van der Waals surface area contributed by atoms with Gasteiger partial charge in [-0.2, -0.15) is 18.2 Å². The van der Waals surface area contributed by atoms with Crippen molar-refractivity contribution in [2.75, 3.05) is 0 Å². The summed E-state index contributed by atoms with van der Waals surface area (Å²) in [7, 11) is 0. The SMILES string of the molecule is NC(N)=NC(=O)C1=Cc2ccccc2OC1C(F)(F)F. The average molecular weight is 285 g/mol. The summed E-state index contributed by atoms with van der Waals surface area (Å²) in [6, 6.07) is 6.04. The standard InChI is InChI=1S/C12H10F3N3O2/c13-12(14,15)9-7(10(19)18-11(16)17)5-6-3-1-2-4-8(6)20-9/h1-5,9H,(H4,16,17,18,19). The smallest absolute Gasteiger partial charge is 0.429 e. The molecule has 0 bridgehead atoms. The number of benzene rings is 1. The number of para-hydroxylation sites is 1. The number of aliphatic imine (C=N–C) groups is 1. The summed E-state index contributed by atoms with van der Waals surface area (Å²) < 4.78 is 43.7. The van der Waals surface area contributed by atoms with E-state index < -0.39 is 29.7 Å². The zero-order chi connectivity index (χ0) is 14.9. The fourth-order valence-electron chi connectivity index (χ4n) is 1.74. The number of hydrogen-bond donors (Lipinski definition) is 2. The van der Waals surface area contributed by atoms with Crippen molar-refractivity contribution in [3.8, 4) is 5.75 Å². The molecule has 1 aromatic carbocycles. The van der Waals surface area contributed by atoms with Gasteiger partial charge in [-0.25, -0.2) is 0 Å². The average Bonchev–Trinajstić information content (AvgIpc) is 2.35. The lowest BCUT2D eigenvalue weighted by molar-refractivity contribution is -0.185. The Morgan fingerprint density at radius 3 is 2.50 bits per heavy atom. The van der Waals surface area contributed by atoms with Gasteiger partial charge in [-0.05, 0) is 12.1 Å². The van der Waals surface area contributed by atoms with Gasteiger partial charge in [-0.1, -0.05) is 18.2 Å². The van der Waals surface area contributed by atoms with E-state index in [2.05, 4.69) is 4.99 Å². The molecule has 1 aromatic rings. The highest BCUT2D eigenvalue weighted by Crippen LogP contribution is 2.37. The van der Waals surface area contributed by atoms with Gasteiger partial charge in [0.05, 0.1) is 5.57 Å². The Morgan fingerprint density at radius 2 is 1.90 bits per heavy atom. The minimum absolute atomic E-state index is 0.0380. The van der Waals surface area contributed by atoms with Crippen LogP contribution < -0.4 is 16.2 Å². The molecule has 1 amide bonds. The summed E-state index contributed by atoms with van der Waals surface area (Å²) in [4.78, 5) is 14.8. The summed E-state index contributed by atoms with van der Waals surface area (Å²) in [5, 5.41) is 0. The molecule has 0 radical (unpaired) electrons. The van der Waals surface area contributed by atoms with E-state index >= 15 is 0 Å². The Bertz CT molecular complexity index is 604. The fraction of sp³-hybridized carbons (Fsp3) is 0.167. The second-order valence-electron chi connectivity index (χ2n) is 4.02. The van der Waals surface area contributed by atoms with Crippen LogP contribution >= 0.6 is 0 Å². The highest BCUT2D eigenvalue weighted by molar-refractivity contribution is 6.05. The predicted octanol–water partition coefficient (Wildman–Crippen LogP) is 1.19. The molecule has 1 aliphatic rings. The number of alkyl halides is 3. The molecule has 1 heterocycles. The van der Waals surface area contributed by atoms with Crippen LogP contribution in [0.4, 0.5) is 13.2 Å². The van der Waals surface area contributed by atoms with E-state index in [1.54, 1.807) is 6.07 Å². The fourth-order valence-corrected chi connectivity index (χ4v) is 1.74. The summed E-state index contributed by atoms with van der Waals surface area (Å²) in [5.41, 5.74) is 9.70. The predicted molar refractivity (Wildman–Crippen MR) is 65.7 cm³/mol. The third-order valence-corrected chi connectivity index (χ3v) is 2.53. The van der Waals surface area contributed by atoms with E-state index in [1.807, 2.05) is 0 Å². The Hall–Kier alpha value is -2.51. The van der Waals surface area contributed by atoms with Crippen LogP contribution in [0.15, 0.2) is 34.8 Å². The van der Waals surface area contributed by atoms with Crippen molar-refractivity contribution >= 4 is 17.9 Å². The maximum Gasteiger partial charge on any atom is 0.429 e. The minimum Gasteiger partial charge on any atom is -0.475 e. The molecule has 8 heteroatoms. The number of fused-ring (bicyclic) bond motifs is 1. The van der Waals surface area contributed by atoms with Crippen molar-refractivity contribution in [1.29, 1.82) is 0 Å². The normalized spacial score (nSPS) is 17.6. The summed E-state index contributed by atoms with van der Waals surface area (Å²) >= 11 is 0. The molecule has 0 aromatic heterocycles. The van der Waals surface area contributed by atoms with Gasteiger partial charge in [-0.15, -0.1) is 0 Å². The first-order valence-corrected chi connectivity index (χ1v) is 5.47. The van der Waals surface area contributed by atoms with Gasteiger partial charge >= 0.3 is 6.18 Å². The molecule has 0 saturated carbocycles. The van der Waals surface area contributed by atoms with Gasteiger partial charge in [0.1, 0.15) is 5.75 Å². The zero-order valence-corrected chi connectivity index (χ0v) is 10.0. The Kier molecular flexibility index (Phi) is 3.39. The van der Waals surface area contributed by atoms with Crippen molar-refractivity contribution in [2.45, 2.75) is 12.3 Å². The van der Waals surface area contributed by atoms with E-state index in [-0.39, 0.29) is 5.75 Å². The molecular weight excluding hydrogens is 275 g/mol. The number of carbonyl (C=O) groups excluding carboxylic acids is 1. The lowest BCUT2D eigenvalue weighted by Crippen LogP contribution is -2.40. The number of guanidine groups is 1. The maximum absolute atomic E-state index is 13.0. The van der Waals surface area contributed by atoms with E-state index in [9.17, 15) is 18.0 Å². The number of ether oxygens (including phenoxy) is 1. The second-order valence-corrected chi connectivity index (χ2v) is 4.02. The third-order valence-electron chi connectivity index (χ3n) is 2.53. The Morgan fingerprint density at radius 1 is 1.25 bits per heavy atom. The molecule has 5 nitrogen and oxygen atoms in total. The maximum atomic E-state index is 13.0. The topological polar surface area (TPSA) is 90.7 Å². The first-order valence-electron chi connectivity index (χ1n) is 5.47. The van der Waals surface area contributed by atoms with Crippen molar-refractivity contribution in [3.63, 3.8) is 0 Å².